The number of benzene rings is 2. The molecule has 0 saturated heterocycles. The van der Waals surface area contributed by atoms with Gasteiger partial charge in [-0.3, -0.25) is 4.79 Å². The molecule has 1 heterocycles. The lowest BCUT2D eigenvalue weighted by Gasteiger charge is -2.10. The number of nitrogens with one attached hydrogen (secondary N) is 1. The highest BCUT2D eigenvalue weighted by Gasteiger charge is 2.12. The van der Waals surface area contributed by atoms with Crippen LogP contribution < -0.4 is 10.1 Å². The van der Waals surface area contributed by atoms with E-state index in [1.165, 1.54) is 11.8 Å². The first-order chi connectivity index (χ1) is 13.0. The van der Waals surface area contributed by atoms with E-state index < -0.39 is 0 Å². The Balaban J connectivity index is 1.65. The quantitative estimate of drug-likeness (QED) is 0.641. The minimum atomic E-state index is -0.0392. The molecule has 0 spiro atoms. The largest absolute Gasteiger partial charge is 0.497 e. The van der Waals surface area contributed by atoms with Crippen molar-refractivity contribution in [2.45, 2.75) is 19.0 Å². The minimum absolute atomic E-state index is 0.0392. The summed E-state index contributed by atoms with van der Waals surface area (Å²) in [6.45, 7) is 4.05. The van der Waals surface area contributed by atoms with E-state index in [2.05, 4.69) is 10.3 Å². The Hall–Kier alpha value is -2.73. The van der Waals surface area contributed by atoms with Crippen molar-refractivity contribution in [1.82, 2.24) is 9.55 Å². The van der Waals surface area contributed by atoms with Crippen LogP contribution in [-0.4, -0.2) is 28.3 Å². The molecular formula is C21H23N3O2S. The van der Waals surface area contributed by atoms with E-state index in [1.54, 1.807) is 7.11 Å². The van der Waals surface area contributed by atoms with Gasteiger partial charge in [0, 0.05) is 18.3 Å². The predicted octanol–water partition coefficient (Wildman–Crippen LogP) is 4.44. The summed E-state index contributed by atoms with van der Waals surface area (Å²) < 4.78 is 7.20. The molecule has 140 valence electrons. The van der Waals surface area contributed by atoms with Gasteiger partial charge in [-0.2, -0.15) is 0 Å². The molecule has 2 aromatic carbocycles. The van der Waals surface area contributed by atoms with Crippen LogP contribution in [0, 0.1) is 13.8 Å². The molecule has 6 heteroatoms. The first-order valence-electron chi connectivity index (χ1n) is 8.64. The van der Waals surface area contributed by atoms with Gasteiger partial charge >= 0.3 is 0 Å². The standard InChI is InChI=1S/C21H23N3O2S/c1-14-6-5-7-18(15(14)2)23-20(25)13-27-21-22-12-19(24(21)3)16-8-10-17(26-4)11-9-16/h5-12H,13H2,1-4H3,(H,23,25). The SMILES string of the molecule is COc1ccc(-c2cnc(SCC(=O)Nc3cccc(C)c3C)n2C)cc1. The van der Waals surface area contributed by atoms with Gasteiger partial charge in [-0.25, -0.2) is 4.98 Å². The van der Waals surface area contributed by atoms with Gasteiger partial charge in [0.05, 0.1) is 24.8 Å². The normalized spacial score (nSPS) is 10.7. The Kier molecular flexibility index (Phi) is 5.86. The molecule has 1 amide bonds. The van der Waals surface area contributed by atoms with Crippen LogP contribution in [0.2, 0.25) is 0 Å². The van der Waals surface area contributed by atoms with Gasteiger partial charge in [0.15, 0.2) is 5.16 Å². The Morgan fingerprint density at radius 2 is 1.93 bits per heavy atom. The highest BCUT2D eigenvalue weighted by molar-refractivity contribution is 7.99. The van der Waals surface area contributed by atoms with Gasteiger partial charge in [-0.05, 0) is 55.3 Å². The van der Waals surface area contributed by atoms with Crippen molar-refractivity contribution in [2.24, 2.45) is 7.05 Å². The number of carbonyl (C=O) groups is 1. The van der Waals surface area contributed by atoms with Gasteiger partial charge in [-0.1, -0.05) is 23.9 Å². The molecular weight excluding hydrogens is 358 g/mol. The van der Waals surface area contributed by atoms with E-state index in [1.807, 2.05) is 74.1 Å². The van der Waals surface area contributed by atoms with E-state index in [9.17, 15) is 4.79 Å². The molecule has 0 radical (unpaired) electrons. The van der Waals surface area contributed by atoms with Crippen LogP contribution in [0.4, 0.5) is 5.69 Å². The van der Waals surface area contributed by atoms with Gasteiger partial charge in [0.2, 0.25) is 5.91 Å². The smallest absolute Gasteiger partial charge is 0.234 e. The third-order valence-corrected chi connectivity index (χ3v) is 5.59. The van der Waals surface area contributed by atoms with Crippen molar-refractivity contribution in [3.63, 3.8) is 0 Å². The summed E-state index contributed by atoms with van der Waals surface area (Å²) in [7, 11) is 3.61. The summed E-state index contributed by atoms with van der Waals surface area (Å²) in [4.78, 5) is 16.8. The summed E-state index contributed by atoms with van der Waals surface area (Å²) in [6.07, 6.45) is 1.83. The number of carbonyl (C=O) groups excluding carboxylic acids is 1. The van der Waals surface area contributed by atoms with Crippen molar-refractivity contribution in [3.05, 3.63) is 59.8 Å². The molecule has 5 nitrogen and oxygen atoms in total. The second-order valence-electron chi connectivity index (χ2n) is 6.30. The predicted molar refractivity (Wildman–Crippen MR) is 110 cm³/mol. The minimum Gasteiger partial charge on any atom is -0.497 e. The molecule has 0 atom stereocenters. The number of nitrogens with zero attached hydrogens (tertiary/aromatic N) is 2. The highest BCUT2D eigenvalue weighted by Crippen LogP contribution is 2.26. The maximum absolute atomic E-state index is 12.3. The van der Waals surface area contributed by atoms with Crippen LogP contribution in [0.15, 0.2) is 53.8 Å². The average molecular weight is 382 g/mol. The molecule has 1 aromatic heterocycles. The number of ether oxygens (including phenoxy) is 1. The first-order valence-corrected chi connectivity index (χ1v) is 9.63. The number of rotatable bonds is 6. The number of anilines is 1. The number of imidazole rings is 1. The monoisotopic (exact) mass is 381 g/mol. The van der Waals surface area contributed by atoms with Crippen LogP contribution >= 0.6 is 11.8 Å². The second-order valence-corrected chi connectivity index (χ2v) is 7.24. The third-order valence-electron chi connectivity index (χ3n) is 4.54. The maximum atomic E-state index is 12.3. The van der Waals surface area contributed by atoms with Crippen LogP contribution in [0.25, 0.3) is 11.3 Å². The maximum Gasteiger partial charge on any atom is 0.234 e. The van der Waals surface area contributed by atoms with Crippen molar-refractivity contribution in [1.29, 1.82) is 0 Å². The Morgan fingerprint density at radius 1 is 1.19 bits per heavy atom. The molecule has 27 heavy (non-hydrogen) atoms. The van der Waals surface area contributed by atoms with Crippen molar-refractivity contribution < 1.29 is 9.53 Å². The number of hydrogen-bond acceptors (Lipinski definition) is 4. The third kappa shape index (κ3) is 4.34. The van der Waals surface area contributed by atoms with E-state index in [-0.39, 0.29) is 5.91 Å². The van der Waals surface area contributed by atoms with Crippen LogP contribution in [0.1, 0.15) is 11.1 Å². The van der Waals surface area contributed by atoms with Crippen molar-refractivity contribution in [2.75, 3.05) is 18.2 Å². The summed E-state index contributed by atoms with van der Waals surface area (Å²) in [5.41, 5.74) is 5.16. The average Bonchev–Trinajstić information content (AvgIpc) is 3.04. The van der Waals surface area contributed by atoms with Gasteiger partial charge in [0.25, 0.3) is 0 Å². The first kappa shape index (κ1) is 19.0. The fourth-order valence-corrected chi connectivity index (χ4v) is 3.51. The van der Waals surface area contributed by atoms with Gasteiger partial charge < -0.3 is 14.6 Å². The zero-order valence-corrected chi connectivity index (χ0v) is 16.8. The number of methoxy groups -OCH3 is 1. The van der Waals surface area contributed by atoms with Crippen molar-refractivity contribution >= 4 is 23.4 Å². The van der Waals surface area contributed by atoms with Crippen LogP contribution in [0.3, 0.4) is 0 Å². The van der Waals surface area contributed by atoms with Crippen molar-refractivity contribution in [3.8, 4) is 17.0 Å². The van der Waals surface area contributed by atoms with E-state index >= 15 is 0 Å². The number of amides is 1. The number of thioether (sulfide) groups is 1. The molecule has 3 aromatic rings. The lowest BCUT2D eigenvalue weighted by molar-refractivity contribution is -0.113. The summed E-state index contributed by atoms with van der Waals surface area (Å²) in [5, 5.41) is 3.78. The Labute approximate surface area is 163 Å². The summed E-state index contributed by atoms with van der Waals surface area (Å²) >= 11 is 1.42. The fourth-order valence-electron chi connectivity index (χ4n) is 2.76. The molecule has 0 bridgehead atoms. The number of hydrogen-bond donors (Lipinski definition) is 1. The molecule has 0 fully saturated rings. The van der Waals surface area contributed by atoms with E-state index in [0.717, 1.165) is 39.0 Å². The summed E-state index contributed by atoms with van der Waals surface area (Å²) in [5.74, 6) is 1.08. The van der Waals surface area contributed by atoms with E-state index in [4.69, 9.17) is 4.74 Å². The molecule has 0 saturated carbocycles. The topological polar surface area (TPSA) is 56.1 Å². The second kappa shape index (κ2) is 8.31. The lowest BCUT2D eigenvalue weighted by atomic mass is 10.1. The highest BCUT2D eigenvalue weighted by atomic mass is 32.2. The molecule has 0 aliphatic rings. The molecule has 1 N–H and O–H groups in total. The fraction of sp³-hybridized carbons (Fsp3) is 0.238. The van der Waals surface area contributed by atoms with Gasteiger partial charge in [0.1, 0.15) is 5.75 Å². The molecule has 0 aliphatic heterocycles. The number of aromatic nitrogens is 2. The zero-order chi connectivity index (χ0) is 19.4. The Bertz CT molecular complexity index is 949. The Morgan fingerprint density at radius 3 is 2.63 bits per heavy atom. The van der Waals surface area contributed by atoms with Gasteiger partial charge in [-0.15, -0.1) is 0 Å². The van der Waals surface area contributed by atoms with Crippen LogP contribution in [-0.2, 0) is 11.8 Å². The number of aryl methyl sites for hydroxylation is 1. The zero-order valence-electron chi connectivity index (χ0n) is 15.9. The molecule has 3 rings (SSSR count). The summed E-state index contributed by atoms with van der Waals surface area (Å²) in [6, 6.07) is 13.8. The molecule has 0 aliphatic carbocycles. The lowest BCUT2D eigenvalue weighted by Crippen LogP contribution is -2.15. The van der Waals surface area contributed by atoms with E-state index in [0.29, 0.717) is 5.75 Å². The van der Waals surface area contributed by atoms with Crippen LogP contribution in [0.5, 0.6) is 5.75 Å². The molecule has 0 unspecified atom stereocenters.